The van der Waals surface area contributed by atoms with E-state index in [2.05, 4.69) is 6.08 Å². The van der Waals surface area contributed by atoms with Gasteiger partial charge >= 0.3 is 5.37 Å². The summed E-state index contributed by atoms with van der Waals surface area (Å²) in [5.41, 5.74) is 4.76. The summed E-state index contributed by atoms with van der Waals surface area (Å²) in [5, 5.41) is -0.497. The molecule has 0 radical (unpaired) electrons. The van der Waals surface area contributed by atoms with E-state index in [-0.39, 0.29) is 0 Å². The Bertz CT molecular complexity index is 691. The molecule has 1 heterocycles. The summed E-state index contributed by atoms with van der Waals surface area (Å²) in [7, 11) is 0. The third-order valence-electron chi connectivity index (χ3n) is 3.30. The molecule has 0 N–H and O–H groups in total. The van der Waals surface area contributed by atoms with Crippen molar-refractivity contribution in [3.8, 4) is 0 Å². The zero-order chi connectivity index (χ0) is 13.4. The van der Waals surface area contributed by atoms with E-state index in [9.17, 15) is 4.79 Å². The van der Waals surface area contributed by atoms with Crippen LogP contribution in [0.5, 0.6) is 0 Å². The van der Waals surface area contributed by atoms with Gasteiger partial charge in [0.1, 0.15) is 0 Å². The molecule has 2 aromatic carbocycles. The molecule has 0 fully saturated rings. The normalized spacial score (nSPS) is 13.2. The smallest absolute Gasteiger partial charge is 0.266 e. The van der Waals surface area contributed by atoms with Crippen LogP contribution in [0.2, 0.25) is 0 Å². The minimum atomic E-state index is -0.497. The number of fused-ring (bicyclic) bond motifs is 2. The van der Waals surface area contributed by atoms with Crippen molar-refractivity contribution in [2.75, 3.05) is 4.90 Å². The molecule has 3 heteroatoms. The number of para-hydroxylation sites is 2. The van der Waals surface area contributed by atoms with Gasteiger partial charge in [-0.15, -0.1) is 0 Å². The van der Waals surface area contributed by atoms with Crippen molar-refractivity contribution in [2.45, 2.75) is 6.92 Å². The third-order valence-corrected chi connectivity index (χ3v) is 3.46. The van der Waals surface area contributed by atoms with Crippen molar-refractivity contribution < 1.29 is 4.79 Å². The summed E-state index contributed by atoms with van der Waals surface area (Å²) in [6.07, 6.45) is 2.08. The van der Waals surface area contributed by atoms with Crippen LogP contribution in [-0.4, -0.2) is 5.37 Å². The molecule has 2 nitrogen and oxygen atoms in total. The van der Waals surface area contributed by atoms with E-state index in [1.54, 1.807) is 4.90 Å². The van der Waals surface area contributed by atoms with Crippen LogP contribution in [0.15, 0.2) is 48.5 Å². The van der Waals surface area contributed by atoms with Crippen LogP contribution in [0.4, 0.5) is 16.2 Å². The fraction of sp³-hybridized carbons (Fsp3) is 0.0625. The Balaban J connectivity index is 2.36. The second-order valence-electron chi connectivity index (χ2n) is 4.49. The summed E-state index contributed by atoms with van der Waals surface area (Å²) in [4.78, 5) is 13.4. The van der Waals surface area contributed by atoms with Gasteiger partial charge < -0.3 is 0 Å². The lowest BCUT2D eigenvalue weighted by Gasteiger charge is -2.22. The van der Waals surface area contributed by atoms with Gasteiger partial charge in [-0.25, -0.2) is 0 Å². The highest BCUT2D eigenvalue weighted by molar-refractivity contribution is 6.67. The molecule has 19 heavy (non-hydrogen) atoms. The number of hydrogen-bond donors (Lipinski definition) is 0. The fourth-order valence-electron chi connectivity index (χ4n) is 2.45. The molecule has 94 valence electrons. The minimum Gasteiger partial charge on any atom is -0.266 e. The molecule has 1 aliphatic heterocycles. The van der Waals surface area contributed by atoms with Crippen LogP contribution in [0, 0.1) is 0 Å². The van der Waals surface area contributed by atoms with Crippen molar-refractivity contribution in [2.24, 2.45) is 0 Å². The van der Waals surface area contributed by atoms with Crippen molar-refractivity contribution >= 4 is 40.0 Å². The highest BCUT2D eigenvalue weighted by Crippen LogP contribution is 2.39. The van der Waals surface area contributed by atoms with Crippen LogP contribution in [0.3, 0.4) is 0 Å². The van der Waals surface area contributed by atoms with Gasteiger partial charge in [-0.1, -0.05) is 36.4 Å². The lowest BCUT2D eigenvalue weighted by molar-refractivity contribution is 0.266. The standard InChI is InChI=1S/C16H12ClNO/c1-11-10-12-6-2-4-8-14(12)18(16(17)19)15-9-5-3-7-13(11)15/h2-10H,1H3. The predicted molar refractivity (Wildman–Crippen MR) is 79.8 cm³/mol. The molecule has 0 aliphatic carbocycles. The van der Waals surface area contributed by atoms with Gasteiger partial charge in [-0.05, 0) is 47.9 Å². The summed E-state index contributed by atoms with van der Waals surface area (Å²) < 4.78 is 0. The molecule has 1 amide bonds. The quantitative estimate of drug-likeness (QED) is 0.484. The molecule has 0 bridgehead atoms. The number of carbonyl (C=O) groups is 1. The lowest BCUT2D eigenvalue weighted by atomic mass is 10.0. The topological polar surface area (TPSA) is 20.3 Å². The summed E-state index contributed by atoms with van der Waals surface area (Å²) in [6.45, 7) is 2.04. The van der Waals surface area contributed by atoms with Crippen molar-refractivity contribution in [1.82, 2.24) is 0 Å². The van der Waals surface area contributed by atoms with Crippen molar-refractivity contribution in [1.29, 1.82) is 0 Å². The van der Waals surface area contributed by atoms with E-state index < -0.39 is 5.37 Å². The van der Waals surface area contributed by atoms with Gasteiger partial charge in [0.05, 0.1) is 11.4 Å². The maximum absolute atomic E-state index is 11.9. The van der Waals surface area contributed by atoms with Gasteiger partial charge in [0.25, 0.3) is 0 Å². The largest absolute Gasteiger partial charge is 0.325 e. The van der Waals surface area contributed by atoms with E-state index in [0.29, 0.717) is 0 Å². The molecule has 0 atom stereocenters. The highest BCUT2D eigenvalue weighted by atomic mass is 35.5. The summed E-state index contributed by atoms with van der Waals surface area (Å²) >= 11 is 5.80. The zero-order valence-electron chi connectivity index (χ0n) is 10.4. The molecule has 0 aromatic heterocycles. The van der Waals surface area contributed by atoms with Gasteiger partial charge in [-0.2, -0.15) is 0 Å². The molecule has 0 saturated carbocycles. The minimum absolute atomic E-state index is 0.497. The van der Waals surface area contributed by atoms with E-state index in [1.165, 1.54) is 0 Å². The second-order valence-corrected chi connectivity index (χ2v) is 4.82. The van der Waals surface area contributed by atoms with E-state index in [0.717, 1.165) is 28.1 Å². The summed E-state index contributed by atoms with van der Waals surface area (Å²) in [6, 6.07) is 15.5. The first kappa shape index (κ1) is 12.0. The molecule has 0 unspecified atom stereocenters. The van der Waals surface area contributed by atoms with Gasteiger partial charge in [0.15, 0.2) is 0 Å². The number of amides is 1. The Morgan fingerprint density at radius 3 is 2.37 bits per heavy atom. The van der Waals surface area contributed by atoms with Gasteiger partial charge in [-0.3, -0.25) is 9.69 Å². The number of nitrogens with zero attached hydrogens (tertiary/aromatic N) is 1. The van der Waals surface area contributed by atoms with Crippen LogP contribution in [0.25, 0.3) is 11.6 Å². The number of hydrogen-bond acceptors (Lipinski definition) is 1. The Morgan fingerprint density at radius 1 is 1.00 bits per heavy atom. The number of anilines is 2. The maximum atomic E-state index is 11.9. The average Bonchev–Trinajstić information content (AvgIpc) is 2.53. The predicted octanol–water partition coefficient (Wildman–Crippen LogP) is 5.06. The van der Waals surface area contributed by atoms with Crippen LogP contribution >= 0.6 is 11.6 Å². The average molecular weight is 270 g/mol. The Labute approximate surface area is 116 Å². The lowest BCUT2D eigenvalue weighted by Crippen LogP contribution is -2.20. The first-order valence-electron chi connectivity index (χ1n) is 6.05. The molecule has 0 saturated heterocycles. The molecular formula is C16H12ClNO. The van der Waals surface area contributed by atoms with E-state index in [4.69, 9.17) is 11.6 Å². The maximum Gasteiger partial charge on any atom is 0.325 e. The Morgan fingerprint density at radius 2 is 1.63 bits per heavy atom. The van der Waals surface area contributed by atoms with Crippen LogP contribution < -0.4 is 4.90 Å². The van der Waals surface area contributed by atoms with E-state index >= 15 is 0 Å². The van der Waals surface area contributed by atoms with Crippen molar-refractivity contribution in [3.05, 3.63) is 59.7 Å². The molecular weight excluding hydrogens is 258 g/mol. The van der Waals surface area contributed by atoms with Crippen LogP contribution in [-0.2, 0) is 0 Å². The van der Waals surface area contributed by atoms with Gasteiger partial charge in [0.2, 0.25) is 0 Å². The number of halogens is 1. The first-order chi connectivity index (χ1) is 9.18. The fourth-order valence-corrected chi connectivity index (χ4v) is 2.63. The molecule has 2 aromatic rings. The first-order valence-corrected chi connectivity index (χ1v) is 6.42. The molecule has 1 aliphatic rings. The van der Waals surface area contributed by atoms with E-state index in [1.807, 2.05) is 55.5 Å². The monoisotopic (exact) mass is 269 g/mol. The Kier molecular flexibility index (Phi) is 2.88. The molecule has 3 rings (SSSR count). The zero-order valence-corrected chi connectivity index (χ0v) is 11.2. The highest BCUT2D eigenvalue weighted by Gasteiger charge is 2.23. The second kappa shape index (κ2) is 4.56. The molecule has 0 spiro atoms. The summed E-state index contributed by atoms with van der Waals surface area (Å²) in [5.74, 6) is 0. The number of allylic oxidation sites excluding steroid dienone is 1. The van der Waals surface area contributed by atoms with Gasteiger partial charge in [0, 0.05) is 5.56 Å². The Hall–Kier alpha value is -2.06. The third kappa shape index (κ3) is 1.94. The number of benzene rings is 2. The number of rotatable bonds is 0. The SMILES string of the molecule is CC1=Cc2ccccc2N(C(=O)Cl)c2ccccc21. The van der Waals surface area contributed by atoms with Crippen molar-refractivity contribution in [3.63, 3.8) is 0 Å². The van der Waals surface area contributed by atoms with Crippen LogP contribution in [0.1, 0.15) is 18.1 Å². The number of carbonyl (C=O) groups excluding carboxylic acids is 1.